The first-order valence-electron chi connectivity index (χ1n) is 6.36. The van der Waals surface area contributed by atoms with E-state index in [-0.39, 0.29) is 21.9 Å². The maximum Gasteiger partial charge on any atom is 0.338 e. The van der Waals surface area contributed by atoms with Gasteiger partial charge >= 0.3 is 5.97 Å². The SMILES string of the molecule is COC(=O)c1cc(C#CCCSC(C)=O)cc([N+](=O)[O-])c1C. The van der Waals surface area contributed by atoms with Gasteiger partial charge in [-0.2, -0.15) is 0 Å². The summed E-state index contributed by atoms with van der Waals surface area (Å²) < 4.78 is 4.63. The number of ether oxygens (including phenoxy) is 1. The molecule has 1 aromatic carbocycles. The molecule has 0 unspecified atom stereocenters. The topological polar surface area (TPSA) is 86.5 Å². The first-order chi connectivity index (χ1) is 10.4. The number of hydrogen-bond acceptors (Lipinski definition) is 6. The Morgan fingerprint density at radius 2 is 2.09 bits per heavy atom. The molecule has 0 aromatic heterocycles. The average molecular weight is 321 g/mol. The van der Waals surface area contributed by atoms with Crippen molar-refractivity contribution in [1.29, 1.82) is 0 Å². The summed E-state index contributed by atoms with van der Waals surface area (Å²) in [7, 11) is 1.21. The van der Waals surface area contributed by atoms with Crippen LogP contribution in [0.3, 0.4) is 0 Å². The number of rotatable bonds is 4. The van der Waals surface area contributed by atoms with Crippen molar-refractivity contribution >= 4 is 28.5 Å². The number of benzene rings is 1. The fourth-order valence-corrected chi connectivity index (χ4v) is 2.18. The smallest absolute Gasteiger partial charge is 0.338 e. The van der Waals surface area contributed by atoms with Crippen LogP contribution < -0.4 is 0 Å². The van der Waals surface area contributed by atoms with Crippen LogP contribution in [0.15, 0.2) is 12.1 Å². The zero-order valence-electron chi connectivity index (χ0n) is 12.5. The quantitative estimate of drug-likeness (QED) is 0.279. The Labute approximate surface area is 132 Å². The molecule has 0 aliphatic carbocycles. The number of thioether (sulfide) groups is 1. The van der Waals surface area contributed by atoms with Gasteiger partial charge in [0.25, 0.3) is 5.69 Å². The number of hydrogen-bond donors (Lipinski definition) is 0. The third-order valence-corrected chi connectivity index (χ3v) is 3.56. The van der Waals surface area contributed by atoms with Crippen LogP contribution in [0.4, 0.5) is 5.69 Å². The van der Waals surface area contributed by atoms with E-state index in [0.29, 0.717) is 17.7 Å². The van der Waals surface area contributed by atoms with Gasteiger partial charge in [0.05, 0.1) is 17.6 Å². The van der Waals surface area contributed by atoms with Crippen LogP contribution in [0.2, 0.25) is 0 Å². The van der Waals surface area contributed by atoms with E-state index in [1.54, 1.807) is 0 Å². The predicted octanol–water partition coefficient (Wildman–Crippen LogP) is 2.71. The van der Waals surface area contributed by atoms with Crippen LogP contribution >= 0.6 is 11.8 Å². The van der Waals surface area contributed by atoms with Crippen molar-refractivity contribution in [3.63, 3.8) is 0 Å². The highest BCUT2D eigenvalue weighted by Gasteiger charge is 2.20. The maximum atomic E-state index is 11.7. The van der Waals surface area contributed by atoms with Gasteiger partial charge in [0.15, 0.2) is 5.12 Å². The summed E-state index contributed by atoms with van der Waals surface area (Å²) in [6.07, 6.45) is 0.472. The second kappa shape index (κ2) is 8.20. The molecule has 0 saturated carbocycles. The van der Waals surface area contributed by atoms with E-state index in [9.17, 15) is 19.7 Å². The molecule has 1 aromatic rings. The minimum Gasteiger partial charge on any atom is -0.465 e. The van der Waals surface area contributed by atoms with E-state index in [1.807, 2.05) is 0 Å². The molecule has 0 N–H and O–H groups in total. The monoisotopic (exact) mass is 321 g/mol. The van der Waals surface area contributed by atoms with Gasteiger partial charge in [0.2, 0.25) is 0 Å². The van der Waals surface area contributed by atoms with Crippen LogP contribution in [-0.4, -0.2) is 28.9 Å². The van der Waals surface area contributed by atoms with Gasteiger partial charge in [-0.3, -0.25) is 14.9 Å². The Kier molecular flexibility index (Phi) is 6.60. The molecule has 0 amide bonds. The van der Waals surface area contributed by atoms with Crippen LogP contribution in [0.25, 0.3) is 0 Å². The van der Waals surface area contributed by atoms with Crippen LogP contribution in [0, 0.1) is 28.9 Å². The summed E-state index contributed by atoms with van der Waals surface area (Å²) in [5, 5.41) is 11.1. The Morgan fingerprint density at radius 1 is 1.41 bits per heavy atom. The Balaban J connectivity index is 3.08. The zero-order chi connectivity index (χ0) is 16.7. The van der Waals surface area contributed by atoms with Crippen molar-refractivity contribution in [2.24, 2.45) is 0 Å². The molecule has 0 bridgehead atoms. The van der Waals surface area contributed by atoms with E-state index in [0.717, 1.165) is 11.8 Å². The van der Waals surface area contributed by atoms with Crippen LogP contribution in [0.1, 0.15) is 34.8 Å². The van der Waals surface area contributed by atoms with Gasteiger partial charge in [-0.15, -0.1) is 0 Å². The van der Waals surface area contributed by atoms with Crippen molar-refractivity contribution < 1.29 is 19.2 Å². The van der Waals surface area contributed by atoms with Crippen molar-refractivity contribution in [1.82, 2.24) is 0 Å². The molecule has 0 aliphatic heterocycles. The number of nitro benzene ring substituents is 1. The lowest BCUT2D eigenvalue weighted by Gasteiger charge is -2.05. The molecule has 1 rings (SSSR count). The van der Waals surface area contributed by atoms with Gasteiger partial charge in [0, 0.05) is 36.3 Å². The molecule has 22 heavy (non-hydrogen) atoms. The van der Waals surface area contributed by atoms with Gasteiger partial charge in [0.1, 0.15) is 0 Å². The number of carbonyl (C=O) groups is 2. The highest BCUT2D eigenvalue weighted by atomic mass is 32.2. The van der Waals surface area contributed by atoms with E-state index < -0.39 is 10.9 Å². The first kappa shape index (κ1) is 17.7. The summed E-state index contributed by atoms with van der Waals surface area (Å²) in [4.78, 5) is 32.9. The molecule has 0 saturated heterocycles. The lowest BCUT2D eigenvalue weighted by atomic mass is 10.0. The maximum absolute atomic E-state index is 11.7. The fourth-order valence-electron chi connectivity index (χ4n) is 1.69. The molecule has 0 atom stereocenters. The Bertz CT molecular complexity index is 672. The lowest BCUT2D eigenvalue weighted by molar-refractivity contribution is -0.385. The zero-order valence-corrected chi connectivity index (χ0v) is 13.3. The van der Waals surface area contributed by atoms with E-state index in [4.69, 9.17) is 0 Å². The number of nitrogens with zero attached hydrogens (tertiary/aromatic N) is 1. The summed E-state index contributed by atoms with van der Waals surface area (Å²) in [5.74, 6) is 5.52. The molecular formula is C15H15NO5S. The normalized spacial score (nSPS) is 9.59. The van der Waals surface area contributed by atoms with Crippen molar-refractivity contribution in [2.75, 3.05) is 12.9 Å². The molecule has 0 heterocycles. The Hall–Kier alpha value is -2.33. The number of esters is 1. The highest BCUT2D eigenvalue weighted by molar-refractivity contribution is 8.13. The minimum atomic E-state index is -0.642. The van der Waals surface area contributed by atoms with Gasteiger partial charge in [-0.05, 0) is 13.0 Å². The lowest BCUT2D eigenvalue weighted by Crippen LogP contribution is -2.06. The van der Waals surface area contributed by atoms with Crippen LogP contribution in [-0.2, 0) is 9.53 Å². The highest BCUT2D eigenvalue weighted by Crippen LogP contribution is 2.24. The van der Waals surface area contributed by atoms with Crippen molar-refractivity contribution in [2.45, 2.75) is 20.3 Å². The van der Waals surface area contributed by atoms with Gasteiger partial charge in [-0.1, -0.05) is 23.6 Å². The third-order valence-electron chi connectivity index (χ3n) is 2.75. The van der Waals surface area contributed by atoms with Gasteiger partial charge < -0.3 is 4.74 Å². The van der Waals surface area contributed by atoms with Crippen molar-refractivity contribution in [3.05, 3.63) is 38.9 Å². The first-order valence-corrected chi connectivity index (χ1v) is 7.35. The third kappa shape index (κ3) is 4.90. The summed E-state index contributed by atoms with van der Waals surface area (Å²) in [5.41, 5.74) is 0.560. The average Bonchev–Trinajstić information content (AvgIpc) is 2.46. The minimum absolute atomic E-state index is 0.0146. The van der Waals surface area contributed by atoms with E-state index in [1.165, 1.54) is 33.1 Å². The van der Waals surface area contributed by atoms with E-state index in [2.05, 4.69) is 16.6 Å². The fraction of sp³-hybridized carbons (Fsp3) is 0.333. The molecule has 116 valence electrons. The summed E-state index contributed by atoms with van der Waals surface area (Å²) in [6.45, 7) is 2.97. The molecule has 6 nitrogen and oxygen atoms in total. The molecule has 0 radical (unpaired) electrons. The van der Waals surface area contributed by atoms with Crippen molar-refractivity contribution in [3.8, 4) is 11.8 Å². The number of nitro groups is 1. The molecule has 0 fully saturated rings. The largest absolute Gasteiger partial charge is 0.465 e. The van der Waals surface area contributed by atoms with Gasteiger partial charge in [-0.25, -0.2) is 4.79 Å². The standard InChI is InChI=1S/C15H15NO5S/c1-10-13(15(18)21-3)8-12(9-14(10)16(19)20)6-4-5-7-22-11(2)17/h8-9H,5,7H2,1-3H3. The number of carbonyl (C=O) groups excluding carboxylic acids is 2. The predicted molar refractivity (Wildman–Crippen MR) is 83.8 cm³/mol. The molecule has 7 heteroatoms. The number of methoxy groups -OCH3 is 1. The second-order valence-corrected chi connectivity index (χ2v) is 5.58. The molecule has 0 aliphatic rings. The summed E-state index contributed by atoms with van der Waals surface area (Å²) in [6, 6.07) is 2.80. The second-order valence-electron chi connectivity index (χ2n) is 4.31. The Morgan fingerprint density at radius 3 is 2.64 bits per heavy atom. The van der Waals surface area contributed by atoms with Crippen LogP contribution in [0.5, 0.6) is 0 Å². The summed E-state index contributed by atoms with van der Waals surface area (Å²) >= 11 is 1.16. The molecular weight excluding hydrogens is 306 g/mol. The molecule has 0 spiro atoms. The van der Waals surface area contributed by atoms with E-state index >= 15 is 0 Å².